The molecule has 2 aromatic carbocycles. The molecule has 3 rings (SSSR count). The maximum Gasteiger partial charge on any atom is 0.394 e. The van der Waals surface area contributed by atoms with Crippen LogP contribution in [0.3, 0.4) is 0 Å². The fraction of sp³-hybridized carbons (Fsp3) is 0.450. The summed E-state index contributed by atoms with van der Waals surface area (Å²) in [6.07, 6.45) is 5.11. The predicted molar refractivity (Wildman–Crippen MR) is 116 cm³/mol. The summed E-state index contributed by atoms with van der Waals surface area (Å²) in [6.45, 7) is 4.23. The van der Waals surface area contributed by atoms with E-state index in [-0.39, 0.29) is 5.96 Å². The Morgan fingerprint density at radius 1 is 1.03 bits per heavy atom. The van der Waals surface area contributed by atoms with Crippen LogP contribution in [-0.4, -0.2) is 54.6 Å². The highest BCUT2D eigenvalue weighted by Gasteiger charge is 2.17. The van der Waals surface area contributed by atoms with Gasteiger partial charge in [0, 0.05) is 12.5 Å². The lowest BCUT2D eigenvalue weighted by Crippen LogP contribution is -2.32. The molecule has 2 aromatic rings. The highest BCUT2D eigenvalue weighted by Crippen LogP contribution is 2.29. The number of nitrogens with zero attached hydrogens (tertiary/aromatic N) is 2. The quantitative estimate of drug-likeness (QED) is 0.318. The van der Waals surface area contributed by atoms with E-state index < -0.39 is 10.4 Å². The molecular formula is C20H30N4O4S. The Kier molecular flexibility index (Phi) is 8.84. The Hall–Kier alpha value is -2.20. The van der Waals surface area contributed by atoms with E-state index in [0.29, 0.717) is 12.5 Å². The molecule has 1 saturated heterocycles. The number of piperidine rings is 1. The maximum absolute atomic E-state index is 8.74. The Morgan fingerprint density at radius 2 is 1.66 bits per heavy atom. The van der Waals surface area contributed by atoms with Crippen molar-refractivity contribution >= 4 is 27.1 Å². The highest BCUT2D eigenvalue weighted by molar-refractivity contribution is 7.79. The molecule has 8 nitrogen and oxygen atoms in total. The fourth-order valence-electron chi connectivity index (χ4n) is 3.69. The minimum Gasteiger partial charge on any atom is -0.370 e. The van der Waals surface area contributed by atoms with Gasteiger partial charge in [-0.25, -0.2) is 0 Å². The van der Waals surface area contributed by atoms with Crippen LogP contribution in [0.25, 0.3) is 10.8 Å². The summed E-state index contributed by atoms with van der Waals surface area (Å²) < 4.78 is 31.6. The molecule has 6 N–H and O–H groups in total. The summed E-state index contributed by atoms with van der Waals surface area (Å²) in [7, 11) is -4.67. The first kappa shape index (κ1) is 23.1. The molecule has 29 heavy (non-hydrogen) atoms. The lowest BCUT2D eigenvalue weighted by Gasteiger charge is -2.28. The molecule has 0 aliphatic carbocycles. The SMILES string of the molecule is NC(N)=NCC(CCN1CCCCC1)c1cccc2ccccc12.O=S(=O)(O)O. The van der Waals surface area contributed by atoms with Crippen LogP contribution >= 0.6 is 0 Å². The third kappa shape index (κ3) is 8.78. The Balaban J connectivity index is 0.000000537. The van der Waals surface area contributed by atoms with Gasteiger partial charge in [0.05, 0.1) is 0 Å². The third-order valence-corrected chi connectivity index (χ3v) is 5.00. The average molecular weight is 423 g/mol. The smallest absolute Gasteiger partial charge is 0.370 e. The highest BCUT2D eigenvalue weighted by atomic mass is 32.3. The third-order valence-electron chi connectivity index (χ3n) is 5.00. The summed E-state index contributed by atoms with van der Waals surface area (Å²) in [6, 6.07) is 15.1. The molecule has 160 valence electrons. The fourth-order valence-corrected chi connectivity index (χ4v) is 3.69. The number of guanidine groups is 1. The second kappa shape index (κ2) is 11.1. The summed E-state index contributed by atoms with van der Waals surface area (Å²) in [5.74, 6) is 0.526. The molecular weight excluding hydrogens is 392 g/mol. The monoisotopic (exact) mass is 422 g/mol. The molecule has 1 fully saturated rings. The van der Waals surface area contributed by atoms with Crippen molar-refractivity contribution in [2.45, 2.75) is 31.6 Å². The zero-order chi connectivity index (χ0) is 21.3. The minimum absolute atomic E-state index is 0.179. The first-order valence-electron chi connectivity index (χ1n) is 9.69. The van der Waals surface area contributed by atoms with Crippen LogP contribution in [0.1, 0.15) is 37.2 Å². The van der Waals surface area contributed by atoms with Crippen molar-refractivity contribution in [3.05, 3.63) is 48.0 Å². The van der Waals surface area contributed by atoms with E-state index in [9.17, 15) is 0 Å². The zero-order valence-corrected chi connectivity index (χ0v) is 17.3. The molecule has 0 saturated carbocycles. The normalized spacial score (nSPS) is 15.9. The predicted octanol–water partition coefficient (Wildman–Crippen LogP) is 2.42. The largest absolute Gasteiger partial charge is 0.394 e. The number of benzene rings is 2. The first-order chi connectivity index (χ1) is 13.7. The van der Waals surface area contributed by atoms with Gasteiger partial charge in [0.25, 0.3) is 0 Å². The minimum atomic E-state index is -4.67. The van der Waals surface area contributed by atoms with Crippen molar-refractivity contribution in [1.82, 2.24) is 4.90 Å². The van der Waals surface area contributed by atoms with E-state index in [0.717, 1.165) is 13.0 Å². The molecule has 1 atom stereocenters. The van der Waals surface area contributed by atoms with Gasteiger partial charge in [0.2, 0.25) is 0 Å². The number of hydrogen-bond acceptors (Lipinski definition) is 4. The number of rotatable bonds is 6. The van der Waals surface area contributed by atoms with Crippen LogP contribution in [0.2, 0.25) is 0 Å². The molecule has 1 aliphatic rings. The van der Waals surface area contributed by atoms with E-state index in [2.05, 4.69) is 52.4 Å². The van der Waals surface area contributed by atoms with Crippen molar-refractivity contribution in [2.24, 2.45) is 16.5 Å². The van der Waals surface area contributed by atoms with Crippen LogP contribution < -0.4 is 11.5 Å². The average Bonchev–Trinajstić information content (AvgIpc) is 2.67. The van der Waals surface area contributed by atoms with Gasteiger partial charge in [0.1, 0.15) is 0 Å². The van der Waals surface area contributed by atoms with Crippen LogP contribution in [0.15, 0.2) is 47.5 Å². The Bertz CT molecular complexity index is 894. The summed E-state index contributed by atoms with van der Waals surface area (Å²) in [5.41, 5.74) is 12.5. The number of hydrogen-bond donors (Lipinski definition) is 4. The van der Waals surface area contributed by atoms with Gasteiger partial charge in [0.15, 0.2) is 5.96 Å². The topological polar surface area (TPSA) is 142 Å². The summed E-state index contributed by atoms with van der Waals surface area (Å²) >= 11 is 0. The van der Waals surface area contributed by atoms with Crippen LogP contribution in [-0.2, 0) is 10.4 Å². The van der Waals surface area contributed by atoms with E-state index in [1.807, 2.05) is 0 Å². The number of likely N-dealkylation sites (tertiary alicyclic amines) is 1. The van der Waals surface area contributed by atoms with Gasteiger partial charge in [-0.15, -0.1) is 0 Å². The molecule has 9 heteroatoms. The second-order valence-corrected chi connectivity index (χ2v) is 8.07. The van der Waals surface area contributed by atoms with Gasteiger partial charge < -0.3 is 16.4 Å². The van der Waals surface area contributed by atoms with Gasteiger partial charge in [-0.2, -0.15) is 8.42 Å². The van der Waals surface area contributed by atoms with Crippen molar-refractivity contribution in [2.75, 3.05) is 26.2 Å². The molecule has 1 heterocycles. The summed E-state index contributed by atoms with van der Waals surface area (Å²) in [5, 5.41) is 2.59. The van der Waals surface area contributed by atoms with Gasteiger partial charge in [-0.3, -0.25) is 14.1 Å². The number of nitrogens with two attached hydrogens (primary N) is 2. The van der Waals surface area contributed by atoms with Crippen molar-refractivity contribution in [3.63, 3.8) is 0 Å². The maximum atomic E-state index is 8.74. The van der Waals surface area contributed by atoms with E-state index >= 15 is 0 Å². The number of aliphatic imine (C=N–C) groups is 1. The standard InChI is InChI=1S/C20H28N4.H2O4S/c21-20(22)23-15-17(11-14-24-12-4-1-5-13-24)19-10-6-8-16-7-2-3-9-18(16)19;1-5(2,3)4/h2-3,6-10,17H,1,4-5,11-15H2,(H4,21,22,23);(H2,1,2,3,4). The molecule has 0 spiro atoms. The van der Waals surface area contributed by atoms with Crippen molar-refractivity contribution in [3.8, 4) is 0 Å². The Labute approximate surface area is 172 Å². The zero-order valence-electron chi connectivity index (χ0n) is 16.4. The van der Waals surface area contributed by atoms with Crippen LogP contribution in [0.5, 0.6) is 0 Å². The molecule has 0 radical (unpaired) electrons. The van der Waals surface area contributed by atoms with Gasteiger partial charge >= 0.3 is 10.4 Å². The molecule has 0 aromatic heterocycles. The molecule has 0 bridgehead atoms. The van der Waals surface area contributed by atoms with E-state index in [1.165, 1.54) is 48.7 Å². The summed E-state index contributed by atoms with van der Waals surface area (Å²) in [4.78, 5) is 6.91. The van der Waals surface area contributed by atoms with Gasteiger partial charge in [-0.05, 0) is 55.2 Å². The van der Waals surface area contributed by atoms with Crippen LogP contribution in [0, 0.1) is 0 Å². The van der Waals surface area contributed by atoms with Crippen molar-refractivity contribution in [1.29, 1.82) is 0 Å². The van der Waals surface area contributed by atoms with E-state index in [4.69, 9.17) is 29.0 Å². The number of fused-ring (bicyclic) bond motifs is 1. The molecule has 1 aliphatic heterocycles. The Morgan fingerprint density at radius 3 is 2.31 bits per heavy atom. The van der Waals surface area contributed by atoms with Gasteiger partial charge in [-0.1, -0.05) is 48.9 Å². The van der Waals surface area contributed by atoms with E-state index in [1.54, 1.807) is 0 Å². The lowest BCUT2D eigenvalue weighted by atomic mass is 9.90. The molecule has 1 unspecified atom stereocenters. The van der Waals surface area contributed by atoms with Crippen LogP contribution in [0.4, 0.5) is 0 Å². The first-order valence-corrected chi connectivity index (χ1v) is 11.1. The second-order valence-electron chi connectivity index (χ2n) is 7.17. The molecule has 0 amide bonds. The lowest BCUT2D eigenvalue weighted by molar-refractivity contribution is 0.221. The van der Waals surface area contributed by atoms with Crippen molar-refractivity contribution < 1.29 is 17.5 Å².